The Hall–Kier alpha value is -2.24. The molecular formula is C18H21N5. The third-order valence-corrected chi connectivity index (χ3v) is 4.53. The molecule has 2 aromatic heterocycles. The average Bonchev–Trinajstić information content (AvgIpc) is 2.99. The van der Waals surface area contributed by atoms with Crippen LogP contribution < -0.4 is 0 Å². The van der Waals surface area contributed by atoms with Gasteiger partial charge in [-0.3, -0.25) is 9.30 Å². The van der Waals surface area contributed by atoms with Crippen molar-refractivity contribution in [2.75, 3.05) is 26.7 Å². The predicted octanol–water partition coefficient (Wildman–Crippen LogP) is 2.22. The van der Waals surface area contributed by atoms with Crippen LogP contribution in [-0.2, 0) is 6.54 Å². The number of nitrogens with zero attached hydrogens (tertiary/aromatic N) is 5. The van der Waals surface area contributed by atoms with Crippen LogP contribution in [0.2, 0.25) is 0 Å². The molecule has 0 saturated carbocycles. The molecule has 0 bridgehead atoms. The SMILES string of the molecule is CN1CCN(Cc2cn3cccnc3n2)[C@H](c2ccccc2)C1. The molecule has 5 heteroatoms. The van der Waals surface area contributed by atoms with E-state index in [1.165, 1.54) is 5.56 Å². The van der Waals surface area contributed by atoms with E-state index >= 15 is 0 Å². The summed E-state index contributed by atoms with van der Waals surface area (Å²) < 4.78 is 1.99. The predicted molar refractivity (Wildman–Crippen MR) is 90.1 cm³/mol. The van der Waals surface area contributed by atoms with E-state index in [0.29, 0.717) is 6.04 Å². The first-order valence-corrected chi connectivity index (χ1v) is 8.06. The van der Waals surface area contributed by atoms with Gasteiger partial charge in [-0.1, -0.05) is 30.3 Å². The first-order chi connectivity index (χ1) is 11.3. The molecule has 3 aromatic rings. The molecule has 0 N–H and O–H groups in total. The van der Waals surface area contributed by atoms with Gasteiger partial charge in [0, 0.05) is 50.8 Å². The Morgan fingerprint density at radius 3 is 2.83 bits per heavy atom. The highest BCUT2D eigenvalue weighted by molar-refractivity contribution is 5.30. The minimum absolute atomic E-state index is 0.410. The number of fused-ring (bicyclic) bond motifs is 1. The number of rotatable bonds is 3. The van der Waals surface area contributed by atoms with Crippen LogP contribution in [0, 0.1) is 0 Å². The Morgan fingerprint density at radius 1 is 1.13 bits per heavy atom. The normalized spacial score (nSPS) is 20.1. The van der Waals surface area contributed by atoms with Gasteiger partial charge in [-0.25, -0.2) is 9.97 Å². The molecule has 0 spiro atoms. The van der Waals surface area contributed by atoms with Crippen molar-refractivity contribution in [3.8, 4) is 0 Å². The van der Waals surface area contributed by atoms with Crippen molar-refractivity contribution in [1.29, 1.82) is 0 Å². The zero-order chi connectivity index (χ0) is 15.6. The molecule has 0 radical (unpaired) electrons. The largest absolute Gasteiger partial charge is 0.303 e. The van der Waals surface area contributed by atoms with Crippen LogP contribution >= 0.6 is 0 Å². The fourth-order valence-corrected chi connectivity index (χ4v) is 3.30. The molecule has 1 fully saturated rings. The van der Waals surface area contributed by atoms with Crippen molar-refractivity contribution >= 4 is 5.78 Å². The molecule has 23 heavy (non-hydrogen) atoms. The third-order valence-electron chi connectivity index (χ3n) is 4.53. The summed E-state index contributed by atoms with van der Waals surface area (Å²) in [5.41, 5.74) is 2.45. The number of piperazine rings is 1. The fraction of sp³-hybridized carbons (Fsp3) is 0.333. The van der Waals surface area contributed by atoms with E-state index in [1.54, 1.807) is 6.20 Å². The topological polar surface area (TPSA) is 36.7 Å². The van der Waals surface area contributed by atoms with Gasteiger partial charge in [0.05, 0.1) is 5.69 Å². The van der Waals surface area contributed by atoms with Gasteiger partial charge in [0.2, 0.25) is 5.78 Å². The van der Waals surface area contributed by atoms with Crippen LogP contribution in [0.3, 0.4) is 0 Å². The van der Waals surface area contributed by atoms with Gasteiger partial charge in [0.1, 0.15) is 0 Å². The monoisotopic (exact) mass is 307 g/mol. The van der Waals surface area contributed by atoms with Crippen molar-refractivity contribution in [3.63, 3.8) is 0 Å². The Labute approximate surface area is 136 Å². The van der Waals surface area contributed by atoms with Crippen LogP contribution in [0.4, 0.5) is 0 Å². The second-order valence-electron chi connectivity index (χ2n) is 6.22. The number of imidazole rings is 1. The van der Waals surface area contributed by atoms with Gasteiger partial charge < -0.3 is 4.90 Å². The first-order valence-electron chi connectivity index (χ1n) is 8.06. The number of benzene rings is 1. The Morgan fingerprint density at radius 2 is 2.00 bits per heavy atom. The summed E-state index contributed by atoms with van der Waals surface area (Å²) in [6.07, 6.45) is 5.87. The molecule has 1 saturated heterocycles. The average molecular weight is 307 g/mol. The number of aromatic nitrogens is 3. The summed E-state index contributed by atoms with van der Waals surface area (Å²) in [6.45, 7) is 4.05. The highest BCUT2D eigenvalue weighted by atomic mass is 15.3. The van der Waals surface area contributed by atoms with Crippen molar-refractivity contribution in [2.24, 2.45) is 0 Å². The first kappa shape index (κ1) is 14.4. The van der Waals surface area contributed by atoms with E-state index in [2.05, 4.69) is 63.3 Å². The summed E-state index contributed by atoms with van der Waals surface area (Å²) in [5, 5.41) is 0. The van der Waals surface area contributed by atoms with E-state index in [0.717, 1.165) is 37.7 Å². The minimum Gasteiger partial charge on any atom is -0.303 e. The summed E-state index contributed by atoms with van der Waals surface area (Å²) in [5.74, 6) is 0.771. The lowest BCUT2D eigenvalue weighted by Gasteiger charge is -2.40. The van der Waals surface area contributed by atoms with Gasteiger partial charge in [0.15, 0.2) is 0 Å². The quantitative estimate of drug-likeness (QED) is 0.743. The molecule has 5 nitrogen and oxygen atoms in total. The summed E-state index contributed by atoms with van der Waals surface area (Å²) >= 11 is 0. The minimum atomic E-state index is 0.410. The van der Waals surface area contributed by atoms with E-state index < -0.39 is 0 Å². The van der Waals surface area contributed by atoms with Gasteiger partial charge >= 0.3 is 0 Å². The molecule has 1 aliphatic rings. The molecule has 1 atom stereocenters. The van der Waals surface area contributed by atoms with Crippen LogP contribution in [-0.4, -0.2) is 50.9 Å². The highest BCUT2D eigenvalue weighted by Crippen LogP contribution is 2.26. The van der Waals surface area contributed by atoms with Crippen LogP contribution in [0.5, 0.6) is 0 Å². The molecule has 0 amide bonds. The van der Waals surface area contributed by atoms with Gasteiger partial charge in [-0.15, -0.1) is 0 Å². The maximum atomic E-state index is 4.65. The summed E-state index contributed by atoms with van der Waals surface area (Å²) in [6, 6.07) is 13.1. The standard InChI is InChI=1S/C18H21N5/c1-21-10-11-22(17(14-21)15-6-3-2-4-7-15)12-16-13-23-9-5-8-19-18(23)20-16/h2-9,13,17H,10-12,14H2,1H3/t17-/m0/s1. The molecule has 1 aromatic carbocycles. The van der Waals surface area contributed by atoms with Gasteiger partial charge in [-0.2, -0.15) is 0 Å². The molecule has 1 aliphatic heterocycles. The third kappa shape index (κ3) is 2.98. The molecule has 3 heterocycles. The van der Waals surface area contributed by atoms with E-state index in [1.807, 2.05) is 16.7 Å². The number of likely N-dealkylation sites (N-methyl/N-ethyl adjacent to an activating group) is 1. The van der Waals surface area contributed by atoms with Crippen LogP contribution in [0.1, 0.15) is 17.3 Å². The summed E-state index contributed by atoms with van der Waals surface area (Å²) in [4.78, 5) is 13.9. The van der Waals surface area contributed by atoms with Crippen molar-refractivity contribution in [2.45, 2.75) is 12.6 Å². The maximum absolute atomic E-state index is 4.65. The smallest absolute Gasteiger partial charge is 0.233 e. The lowest BCUT2D eigenvalue weighted by atomic mass is 10.0. The highest BCUT2D eigenvalue weighted by Gasteiger charge is 2.27. The van der Waals surface area contributed by atoms with E-state index in [9.17, 15) is 0 Å². The molecule has 0 unspecified atom stereocenters. The molecule has 0 aliphatic carbocycles. The summed E-state index contributed by atoms with van der Waals surface area (Å²) in [7, 11) is 2.20. The Balaban J connectivity index is 1.60. The van der Waals surface area contributed by atoms with Crippen molar-refractivity contribution in [3.05, 3.63) is 66.2 Å². The fourth-order valence-electron chi connectivity index (χ4n) is 3.30. The number of hydrogen-bond acceptors (Lipinski definition) is 4. The zero-order valence-electron chi connectivity index (χ0n) is 13.3. The lowest BCUT2D eigenvalue weighted by Crippen LogP contribution is -2.46. The zero-order valence-corrected chi connectivity index (χ0v) is 13.3. The Kier molecular flexibility index (Phi) is 3.81. The molecule has 118 valence electrons. The van der Waals surface area contributed by atoms with Crippen LogP contribution in [0.15, 0.2) is 55.0 Å². The van der Waals surface area contributed by atoms with E-state index in [4.69, 9.17) is 0 Å². The second kappa shape index (κ2) is 6.10. The second-order valence-corrected chi connectivity index (χ2v) is 6.22. The maximum Gasteiger partial charge on any atom is 0.233 e. The molecule has 4 rings (SSSR count). The lowest BCUT2D eigenvalue weighted by molar-refractivity contribution is 0.0824. The van der Waals surface area contributed by atoms with Crippen molar-refractivity contribution < 1.29 is 0 Å². The Bertz CT molecular complexity index is 749. The number of hydrogen-bond donors (Lipinski definition) is 0. The van der Waals surface area contributed by atoms with Gasteiger partial charge in [0.25, 0.3) is 0 Å². The van der Waals surface area contributed by atoms with Crippen molar-refractivity contribution in [1.82, 2.24) is 24.2 Å². The van der Waals surface area contributed by atoms with Gasteiger partial charge in [-0.05, 0) is 18.7 Å². The van der Waals surface area contributed by atoms with E-state index in [-0.39, 0.29) is 0 Å². The molecular weight excluding hydrogens is 286 g/mol. The van der Waals surface area contributed by atoms with Crippen LogP contribution in [0.25, 0.3) is 5.78 Å².